The molecule has 58 valence electrons. The first-order valence-electron chi connectivity index (χ1n) is 3.78. The summed E-state index contributed by atoms with van der Waals surface area (Å²) in [5, 5.41) is 0.465. The first-order chi connectivity index (χ1) is 5.38. The van der Waals surface area contributed by atoms with Crippen molar-refractivity contribution in [1.82, 2.24) is 0 Å². The highest BCUT2D eigenvalue weighted by Crippen LogP contribution is 2.38. The fourth-order valence-corrected chi connectivity index (χ4v) is 3.06. The normalized spacial score (nSPS) is 22.8. The van der Waals surface area contributed by atoms with Crippen molar-refractivity contribution >= 4 is 24.4 Å². The van der Waals surface area contributed by atoms with Crippen molar-refractivity contribution in [3.05, 3.63) is 29.8 Å². The van der Waals surface area contributed by atoms with Crippen LogP contribution in [-0.4, -0.2) is 5.75 Å². The van der Waals surface area contributed by atoms with Crippen molar-refractivity contribution in [2.24, 2.45) is 0 Å². The number of hydrogen-bond acceptors (Lipinski definition) is 2. The van der Waals surface area contributed by atoms with E-state index in [1.807, 2.05) is 11.8 Å². The van der Waals surface area contributed by atoms with Gasteiger partial charge in [-0.15, -0.1) is 11.8 Å². The van der Waals surface area contributed by atoms with Crippen LogP contribution < -0.4 is 0 Å². The maximum Gasteiger partial charge on any atom is 0.0286 e. The smallest absolute Gasteiger partial charge is 0.0286 e. The Hall–Kier alpha value is -0.0800. The van der Waals surface area contributed by atoms with E-state index in [0.717, 1.165) is 0 Å². The molecule has 1 atom stereocenters. The molecule has 0 bridgehead atoms. The van der Waals surface area contributed by atoms with Gasteiger partial charge in [-0.25, -0.2) is 0 Å². The van der Waals surface area contributed by atoms with Crippen molar-refractivity contribution in [1.29, 1.82) is 0 Å². The Bertz CT molecular complexity index is 257. The summed E-state index contributed by atoms with van der Waals surface area (Å²) < 4.78 is 0. The lowest BCUT2D eigenvalue weighted by Crippen LogP contribution is -2.00. The SMILES string of the molecule is SC1CCSc2ccccc21. The van der Waals surface area contributed by atoms with Crippen LogP contribution in [0.15, 0.2) is 29.2 Å². The van der Waals surface area contributed by atoms with E-state index in [2.05, 4.69) is 36.9 Å². The molecule has 1 unspecified atom stereocenters. The second-order valence-electron chi connectivity index (χ2n) is 2.69. The zero-order valence-electron chi connectivity index (χ0n) is 6.16. The molecular weight excluding hydrogens is 172 g/mol. The molecule has 1 aliphatic heterocycles. The number of rotatable bonds is 0. The lowest BCUT2D eigenvalue weighted by atomic mass is 10.1. The number of thioether (sulfide) groups is 1. The largest absolute Gasteiger partial charge is 0.171 e. The van der Waals surface area contributed by atoms with Gasteiger partial charge in [-0.1, -0.05) is 18.2 Å². The van der Waals surface area contributed by atoms with Crippen LogP contribution in [-0.2, 0) is 0 Å². The van der Waals surface area contributed by atoms with Gasteiger partial charge in [0.05, 0.1) is 0 Å². The minimum absolute atomic E-state index is 0.465. The molecule has 0 saturated heterocycles. The standard InChI is InChI=1S/C9H10S2/c10-8-5-6-11-9-4-2-1-3-7(8)9/h1-4,8,10H,5-6H2. The van der Waals surface area contributed by atoms with E-state index in [0.29, 0.717) is 5.25 Å². The van der Waals surface area contributed by atoms with Gasteiger partial charge >= 0.3 is 0 Å². The third-order valence-electron chi connectivity index (χ3n) is 1.93. The Morgan fingerprint density at radius 2 is 2.18 bits per heavy atom. The average Bonchev–Trinajstić information content (AvgIpc) is 2.06. The van der Waals surface area contributed by atoms with Crippen LogP contribution in [0.1, 0.15) is 17.2 Å². The van der Waals surface area contributed by atoms with Crippen LogP contribution in [0.3, 0.4) is 0 Å². The number of benzene rings is 1. The van der Waals surface area contributed by atoms with Gasteiger partial charge < -0.3 is 0 Å². The Morgan fingerprint density at radius 3 is 3.00 bits per heavy atom. The Kier molecular flexibility index (Phi) is 2.14. The summed E-state index contributed by atoms with van der Waals surface area (Å²) in [6.45, 7) is 0. The van der Waals surface area contributed by atoms with Gasteiger partial charge in [0.25, 0.3) is 0 Å². The predicted octanol–water partition coefficient (Wildman–Crippen LogP) is 3.15. The van der Waals surface area contributed by atoms with Crippen LogP contribution in [0, 0.1) is 0 Å². The van der Waals surface area contributed by atoms with Gasteiger partial charge in [0.1, 0.15) is 0 Å². The number of hydrogen-bond donors (Lipinski definition) is 1. The fraction of sp³-hybridized carbons (Fsp3) is 0.333. The molecule has 0 N–H and O–H groups in total. The van der Waals surface area contributed by atoms with E-state index in [1.54, 1.807) is 0 Å². The van der Waals surface area contributed by atoms with E-state index in [9.17, 15) is 0 Å². The molecule has 0 nitrogen and oxygen atoms in total. The summed E-state index contributed by atoms with van der Waals surface area (Å²) in [4.78, 5) is 1.42. The predicted molar refractivity (Wildman–Crippen MR) is 53.5 cm³/mol. The lowest BCUT2D eigenvalue weighted by molar-refractivity contribution is 0.872. The van der Waals surface area contributed by atoms with Gasteiger partial charge in [0.2, 0.25) is 0 Å². The lowest BCUT2D eigenvalue weighted by Gasteiger charge is -2.20. The number of fused-ring (bicyclic) bond motifs is 1. The van der Waals surface area contributed by atoms with E-state index in [-0.39, 0.29) is 0 Å². The minimum Gasteiger partial charge on any atom is -0.171 e. The molecular formula is C9H10S2. The van der Waals surface area contributed by atoms with Crippen LogP contribution >= 0.6 is 24.4 Å². The maximum absolute atomic E-state index is 4.53. The highest BCUT2D eigenvalue weighted by Gasteiger charge is 2.15. The van der Waals surface area contributed by atoms with Crippen LogP contribution in [0.25, 0.3) is 0 Å². The molecule has 1 aromatic rings. The van der Waals surface area contributed by atoms with Crippen molar-refractivity contribution < 1.29 is 0 Å². The van der Waals surface area contributed by atoms with E-state index < -0.39 is 0 Å². The third kappa shape index (κ3) is 1.42. The zero-order chi connectivity index (χ0) is 7.68. The third-order valence-corrected chi connectivity index (χ3v) is 3.59. The molecule has 0 amide bonds. The summed E-state index contributed by atoms with van der Waals surface area (Å²) in [7, 11) is 0. The van der Waals surface area contributed by atoms with Gasteiger partial charge in [-0.05, 0) is 23.8 Å². The molecule has 0 spiro atoms. The maximum atomic E-state index is 4.53. The monoisotopic (exact) mass is 182 g/mol. The summed E-state index contributed by atoms with van der Waals surface area (Å²) in [5.41, 5.74) is 1.41. The van der Waals surface area contributed by atoms with Crippen molar-refractivity contribution in [3.8, 4) is 0 Å². The van der Waals surface area contributed by atoms with Crippen LogP contribution in [0.2, 0.25) is 0 Å². The Morgan fingerprint density at radius 1 is 1.36 bits per heavy atom. The molecule has 0 fully saturated rings. The summed E-state index contributed by atoms with van der Waals surface area (Å²) in [5.74, 6) is 1.21. The Balaban J connectivity index is 2.44. The minimum atomic E-state index is 0.465. The molecule has 11 heavy (non-hydrogen) atoms. The van der Waals surface area contributed by atoms with E-state index in [4.69, 9.17) is 0 Å². The molecule has 0 saturated carbocycles. The molecule has 2 rings (SSSR count). The second kappa shape index (κ2) is 3.11. The molecule has 0 aromatic heterocycles. The average molecular weight is 182 g/mol. The molecule has 1 heterocycles. The first-order valence-corrected chi connectivity index (χ1v) is 5.28. The van der Waals surface area contributed by atoms with Gasteiger partial charge in [-0.2, -0.15) is 12.6 Å². The topological polar surface area (TPSA) is 0 Å². The van der Waals surface area contributed by atoms with Crippen molar-refractivity contribution in [3.63, 3.8) is 0 Å². The molecule has 2 heteroatoms. The van der Waals surface area contributed by atoms with Crippen molar-refractivity contribution in [2.75, 3.05) is 5.75 Å². The first kappa shape index (κ1) is 7.56. The molecule has 0 radical (unpaired) electrons. The summed E-state index contributed by atoms with van der Waals surface area (Å²) in [6, 6.07) is 8.55. The van der Waals surface area contributed by atoms with Crippen LogP contribution in [0.4, 0.5) is 0 Å². The van der Waals surface area contributed by atoms with Gasteiger partial charge in [-0.3, -0.25) is 0 Å². The van der Waals surface area contributed by atoms with Crippen molar-refractivity contribution in [2.45, 2.75) is 16.6 Å². The highest BCUT2D eigenvalue weighted by atomic mass is 32.2. The van der Waals surface area contributed by atoms with E-state index in [1.165, 1.54) is 22.6 Å². The zero-order valence-corrected chi connectivity index (χ0v) is 7.87. The van der Waals surface area contributed by atoms with Gasteiger partial charge in [0, 0.05) is 10.1 Å². The molecule has 1 aromatic carbocycles. The van der Waals surface area contributed by atoms with E-state index >= 15 is 0 Å². The molecule has 1 aliphatic rings. The summed E-state index contributed by atoms with van der Waals surface area (Å²) in [6.07, 6.45) is 1.20. The quantitative estimate of drug-likeness (QED) is 0.601. The van der Waals surface area contributed by atoms with Crippen LogP contribution in [0.5, 0.6) is 0 Å². The summed E-state index contributed by atoms with van der Waals surface area (Å²) >= 11 is 6.47. The second-order valence-corrected chi connectivity index (χ2v) is 4.45. The Labute approximate surface area is 76.8 Å². The fourth-order valence-electron chi connectivity index (χ4n) is 1.32. The highest BCUT2D eigenvalue weighted by molar-refractivity contribution is 7.99. The molecule has 0 aliphatic carbocycles. The number of thiol groups is 1. The van der Waals surface area contributed by atoms with Gasteiger partial charge in [0.15, 0.2) is 0 Å².